The predicted octanol–water partition coefficient (Wildman–Crippen LogP) is 2.00. The van der Waals surface area contributed by atoms with Gasteiger partial charge in [0.1, 0.15) is 5.60 Å². The second-order valence-corrected chi connectivity index (χ2v) is 6.78. The Labute approximate surface area is 131 Å². The van der Waals surface area contributed by atoms with Gasteiger partial charge in [-0.05, 0) is 46.2 Å². The average Bonchev–Trinajstić information content (AvgIpc) is 2.80. The van der Waals surface area contributed by atoms with Crippen molar-refractivity contribution in [1.82, 2.24) is 9.47 Å². The maximum absolute atomic E-state index is 12.5. The molecule has 2 amide bonds. The molecule has 1 unspecified atom stereocenters. The Morgan fingerprint density at radius 3 is 2.45 bits per heavy atom. The van der Waals surface area contributed by atoms with Crippen molar-refractivity contribution in [3.63, 3.8) is 0 Å². The Morgan fingerprint density at radius 1 is 1.32 bits per heavy atom. The van der Waals surface area contributed by atoms with Gasteiger partial charge in [-0.1, -0.05) is 6.92 Å². The number of hydrogen-bond donors (Lipinski definition) is 1. The molecule has 2 rings (SSSR count). The Balaban J connectivity index is 2.45. The third-order valence-corrected chi connectivity index (χ3v) is 4.11. The first-order valence-electron chi connectivity index (χ1n) is 7.60. The van der Waals surface area contributed by atoms with Crippen molar-refractivity contribution < 1.29 is 14.3 Å². The minimum Gasteiger partial charge on any atom is -0.444 e. The molecule has 1 aliphatic heterocycles. The number of amides is 2. The molecule has 2 N–H and O–H groups in total. The van der Waals surface area contributed by atoms with Crippen LogP contribution in [0, 0.1) is 0 Å². The molecular weight excluding hydrogens is 282 g/mol. The summed E-state index contributed by atoms with van der Waals surface area (Å²) in [6.45, 7) is 10.2. The summed E-state index contributed by atoms with van der Waals surface area (Å²) >= 11 is 0. The van der Waals surface area contributed by atoms with Crippen LogP contribution in [0.15, 0.2) is 12.1 Å². The quantitative estimate of drug-likeness (QED) is 0.907. The van der Waals surface area contributed by atoms with E-state index in [0.717, 1.165) is 17.8 Å². The third kappa shape index (κ3) is 2.58. The molecule has 0 spiro atoms. The number of nitrogens with two attached hydrogens (primary N) is 1. The molecule has 0 bridgehead atoms. The molecular formula is C16H25N3O3. The summed E-state index contributed by atoms with van der Waals surface area (Å²) < 4.78 is 7.52. The number of aryl methyl sites for hydroxylation is 1. The van der Waals surface area contributed by atoms with Crippen LogP contribution in [0.25, 0.3) is 0 Å². The molecule has 0 fully saturated rings. The third-order valence-electron chi connectivity index (χ3n) is 4.11. The number of primary amides is 1. The van der Waals surface area contributed by atoms with E-state index in [2.05, 4.69) is 11.5 Å². The van der Waals surface area contributed by atoms with Crippen molar-refractivity contribution in [3.8, 4) is 0 Å². The first kappa shape index (κ1) is 16.4. The number of nitrogens with zero attached hydrogens (tertiary/aromatic N) is 2. The highest BCUT2D eigenvalue weighted by molar-refractivity contribution is 5.89. The van der Waals surface area contributed by atoms with Crippen LogP contribution in [0.5, 0.6) is 0 Å². The minimum absolute atomic E-state index is 0.392. The monoisotopic (exact) mass is 307 g/mol. The molecule has 0 aliphatic carbocycles. The van der Waals surface area contributed by atoms with Crippen molar-refractivity contribution in [2.45, 2.75) is 58.7 Å². The standard InChI is InChI=1S/C16H25N3O3/c1-6-11-7-8-12-16(5,13(17)20)19(10-9-18(11)12)14(21)22-15(2,3)4/h7-8H,6,9-10H2,1-5H3,(H2,17,20). The van der Waals surface area contributed by atoms with Crippen molar-refractivity contribution in [2.24, 2.45) is 5.73 Å². The number of carbonyl (C=O) groups is 2. The molecule has 2 heterocycles. The van der Waals surface area contributed by atoms with Crippen LogP contribution in [0.2, 0.25) is 0 Å². The van der Waals surface area contributed by atoms with Crippen molar-refractivity contribution >= 4 is 12.0 Å². The van der Waals surface area contributed by atoms with Crippen LogP contribution >= 0.6 is 0 Å². The summed E-state index contributed by atoms with van der Waals surface area (Å²) in [5.41, 5.74) is 5.71. The van der Waals surface area contributed by atoms with Crippen molar-refractivity contribution in [1.29, 1.82) is 0 Å². The normalized spacial score (nSPS) is 21.4. The summed E-state index contributed by atoms with van der Waals surface area (Å²) in [5.74, 6) is -0.555. The van der Waals surface area contributed by atoms with Gasteiger partial charge in [0.05, 0.1) is 5.69 Å². The maximum Gasteiger partial charge on any atom is 0.411 e. The summed E-state index contributed by atoms with van der Waals surface area (Å²) in [6.07, 6.45) is 0.348. The van der Waals surface area contributed by atoms with Gasteiger partial charge in [0.15, 0.2) is 5.54 Å². The lowest BCUT2D eigenvalue weighted by Crippen LogP contribution is -2.60. The topological polar surface area (TPSA) is 77.6 Å². The predicted molar refractivity (Wildman–Crippen MR) is 83.3 cm³/mol. The molecule has 22 heavy (non-hydrogen) atoms. The van der Waals surface area contributed by atoms with Gasteiger partial charge in [0, 0.05) is 18.8 Å². The summed E-state index contributed by atoms with van der Waals surface area (Å²) in [5, 5.41) is 0. The highest BCUT2D eigenvalue weighted by atomic mass is 16.6. The number of rotatable bonds is 2. The van der Waals surface area contributed by atoms with E-state index in [1.807, 2.05) is 12.1 Å². The first-order chi connectivity index (χ1) is 10.1. The summed E-state index contributed by atoms with van der Waals surface area (Å²) in [4.78, 5) is 26.1. The van der Waals surface area contributed by atoms with Gasteiger partial charge in [-0.25, -0.2) is 4.79 Å². The molecule has 0 saturated carbocycles. The zero-order chi connectivity index (χ0) is 16.7. The van der Waals surface area contributed by atoms with Crippen LogP contribution < -0.4 is 5.73 Å². The molecule has 0 radical (unpaired) electrons. The first-order valence-corrected chi connectivity index (χ1v) is 7.60. The lowest BCUT2D eigenvalue weighted by atomic mass is 9.92. The van der Waals surface area contributed by atoms with Crippen molar-refractivity contribution in [3.05, 3.63) is 23.5 Å². The molecule has 1 atom stereocenters. The second-order valence-electron chi connectivity index (χ2n) is 6.78. The molecule has 122 valence electrons. The van der Waals surface area contributed by atoms with Crippen molar-refractivity contribution in [2.75, 3.05) is 6.54 Å². The van der Waals surface area contributed by atoms with E-state index >= 15 is 0 Å². The van der Waals surface area contributed by atoms with Crippen LogP contribution in [0.3, 0.4) is 0 Å². The van der Waals surface area contributed by atoms with Gasteiger partial charge in [-0.15, -0.1) is 0 Å². The van der Waals surface area contributed by atoms with Crippen LogP contribution in [0.1, 0.15) is 46.0 Å². The Morgan fingerprint density at radius 2 is 1.95 bits per heavy atom. The van der Waals surface area contributed by atoms with E-state index < -0.39 is 23.1 Å². The average molecular weight is 307 g/mol. The summed E-state index contributed by atoms with van der Waals surface area (Å²) in [7, 11) is 0. The molecule has 0 saturated heterocycles. The number of fused-ring (bicyclic) bond motifs is 1. The van der Waals surface area contributed by atoms with Gasteiger partial charge < -0.3 is 15.0 Å². The molecule has 6 heteroatoms. The fraction of sp³-hybridized carbons (Fsp3) is 0.625. The lowest BCUT2D eigenvalue weighted by molar-refractivity contribution is -0.131. The van der Waals surface area contributed by atoms with E-state index in [-0.39, 0.29) is 0 Å². The Kier molecular flexibility index (Phi) is 3.98. The SMILES string of the molecule is CCc1ccc2n1CCN(C(=O)OC(C)(C)C)C2(C)C(N)=O. The summed E-state index contributed by atoms with van der Waals surface area (Å²) in [6, 6.07) is 3.86. The van der Waals surface area contributed by atoms with Gasteiger partial charge in [0.25, 0.3) is 0 Å². The smallest absolute Gasteiger partial charge is 0.411 e. The fourth-order valence-electron chi connectivity index (χ4n) is 2.92. The van der Waals surface area contributed by atoms with Gasteiger partial charge in [0.2, 0.25) is 5.91 Å². The molecule has 6 nitrogen and oxygen atoms in total. The molecule has 1 aromatic rings. The number of hydrogen-bond acceptors (Lipinski definition) is 3. The Bertz CT molecular complexity index is 600. The zero-order valence-corrected chi connectivity index (χ0v) is 14.0. The highest BCUT2D eigenvalue weighted by Crippen LogP contribution is 2.34. The molecule has 0 aromatic carbocycles. The Hall–Kier alpha value is -1.98. The van der Waals surface area contributed by atoms with E-state index in [1.165, 1.54) is 4.90 Å². The van der Waals surface area contributed by atoms with E-state index in [4.69, 9.17) is 10.5 Å². The molecule has 1 aromatic heterocycles. The van der Waals surface area contributed by atoms with Gasteiger partial charge in [-0.3, -0.25) is 9.69 Å². The zero-order valence-electron chi connectivity index (χ0n) is 14.0. The van der Waals surface area contributed by atoms with Crippen LogP contribution in [-0.4, -0.2) is 33.6 Å². The second kappa shape index (κ2) is 5.34. The van der Waals surface area contributed by atoms with Gasteiger partial charge >= 0.3 is 6.09 Å². The lowest BCUT2D eigenvalue weighted by Gasteiger charge is -2.43. The van der Waals surface area contributed by atoms with Gasteiger partial charge in [-0.2, -0.15) is 0 Å². The maximum atomic E-state index is 12.5. The highest BCUT2D eigenvalue weighted by Gasteiger charge is 2.48. The van der Waals surface area contributed by atoms with E-state index in [9.17, 15) is 9.59 Å². The van der Waals surface area contributed by atoms with Crippen LogP contribution in [-0.2, 0) is 28.0 Å². The van der Waals surface area contributed by atoms with Crippen LogP contribution in [0.4, 0.5) is 4.79 Å². The fourth-order valence-corrected chi connectivity index (χ4v) is 2.92. The number of carbonyl (C=O) groups excluding carboxylic acids is 2. The largest absolute Gasteiger partial charge is 0.444 e. The number of ether oxygens (including phenoxy) is 1. The minimum atomic E-state index is -1.20. The molecule has 1 aliphatic rings. The van der Waals surface area contributed by atoms with E-state index in [1.54, 1.807) is 27.7 Å². The number of aromatic nitrogens is 1. The van der Waals surface area contributed by atoms with E-state index in [0.29, 0.717) is 13.1 Å².